The molecule has 3 rings (SSSR count). The monoisotopic (exact) mass is 531 g/mol. The van der Waals surface area contributed by atoms with Crippen molar-refractivity contribution in [3.05, 3.63) is 89.0 Å². The number of ether oxygens (including phenoxy) is 1. The Labute approximate surface area is 235 Å². The number of unbranched alkanes of at least 4 members (excludes halogenated alkanes) is 1. The van der Waals surface area contributed by atoms with E-state index in [9.17, 15) is 0 Å². The van der Waals surface area contributed by atoms with Crippen molar-refractivity contribution >= 4 is 19.6 Å². The van der Waals surface area contributed by atoms with Gasteiger partial charge in [-0.25, -0.2) is 0 Å². The van der Waals surface area contributed by atoms with E-state index in [1.165, 1.54) is 46.1 Å². The lowest BCUT2D eigenvalue weighted by molar-refractivity contribution is 0.290. The van der Waals surface area contributed by atoms with Crippen molar-refractivity contribution in [3.63, 3.8) is 0 Å². The molecule has 0 aliphatic heterocycles. The second kappa shape index (κ2) is 12.3. The number of nitrogens with zero attached hydrogens (tertiary/aromatic N) is 1. The number of benzene rings is 3. The number of anilines is 1. The Morgan fingerprint density at radius 3 is 1.95 bits per heavy atom. The van der Waals surface area contributed by atoms with Crippen LogP contribution in [0.5, 0.6) is 5.75 Å². The SMILES string of the molecule is CCCCC(C)(Pc1ccccc1N(C)C)c1cc(C(C)(C)C)cc(C(C)(C)C)c1OCc1ccccc1. The standard InChI is InChI=1S/C35H50NOP/c1-11-12-22-35(8,38-31-21-17-16-20-30(31)36(9)10)29-24-27(33(2,3)4)23-28(34(5,6)7)32(29)37-25-26-18-14-13-15-19-26/h13-21,23-24,38H,11-12,22,25H2,1-10H3. The molecule has 0 amide bonds. The van der Waals surface area contributed by atoms with Crippen LogP contribution in [0.4, 0.5) is 5.69 Å². The summed E-state index contributed by atoms with van der Waals surface area (Å²) in [5, 5.41) is 1.37. The first-order chi connectivity index (χ1) is 17.8. The highest BCUT2D eigenvalue weighted by Crippen LogP contribution is 2.52. The fraction of sp³-hybridized carbons (Fsp3) is 0.486. The van der Waals surface area contributed by atoms with Gasteiger partial charge in [-0.3, -0.25) is 0 Å². The van der Waals surface area contributed by atoms with Crippen molar-refractivity contribution in [1.29, 1.82) is 0 Å². The third-order valence-corrected chi connectivity index (χ3v) is 9.17. The van der Waals surface area contributed by atoms with Crippen molar-refractivity contribution < 1.29 is 4.74 Å². The highest BCUT2D eigenvalue weighted by Gasteiger charge is 2.35. The zero-order valence-electron chi connectivity index (χ0n) is 25.5. The second-order valence-corrected chi connectivity index (χ2v) is 15.0. The molecule has 206 valence electrons. The molecule has 3 aromatic rings. The molecule has 0 saturated heterocycles. The molecule has 0 bridgehead atoms. The van der Waals surface area contributed by atoms with E-state index < -0.39 is 0 Å². The van der Waals surface area contributed by atoms with E-state index in [0.29, 0.717) is 15.2 Å². The smallest absolute Gasteiger partial charge is 0.127 e. The van der Waals surface area contributed by atoms with Crippen molar-refractivity contribution in [1.82, 2.24) is 0 Å². The number of rotatable bonds is 10. The first kappa shape index (κ1) is 30.2. The Kier molecular flexibility index (Phi) is 9.75. The first-order valence-corrected chi connectivity index (χ1v) is 15.2. The van der Waals surface area contributed by atoms with Gasteiger partial charge in [0.1, 0.15) is 12.4 Å². The Balaban J connectivity index is 2.28. The van der Waals surface area contributed by atoms with Gasteiger partial charge < -0.3 is 9.64 Å². The molecule has 2 nitrogen and oxygen atoms in total. The van der Waals surface area contributed by atoms with Crippen LogP contribution in [0.1, 0.15) is 96.9 Å². The molecular weight excluding hydrogens is 481 g/mol. The van der Waals surface area contributed by atoms with Crippen molar-refractivity contribution in [2.24, 2.45) is 0 Å². The molecule has 0 heterocycles. The predicted octanol–water partition coefficient (Wildman–Crippen LogP) is 9.34. The Morgan fingerprint density at radius 1 is 0.763 bits per heavy atom. The van der Waals surface area contributed by atoms with Gasteiger partial charge in [0, 0.05) is 36.1 Å². The van der Waals surface area contributed by atoms with E-state index in [-0.39, 0.29) is 16.0 Å². The van der Waals surface area contributed by atoms with E-state index in [0.717, 1.165) is 12.2 Å². The topological polar surface area (TPSA) is 12.5 Å². The fourth-order valence-corrected chi connectivity index (χ4v) is 6.81. The van der Waals surface area contributed by atoms with Gasteiger partial charge in [-0.1, -0.05) is 137 Å². The zero-order valence-corrected chi connectivity index (χ0v) is 26.5. The van der Waals surface area contributed by atoms with Gasteiger partial charge in [-0.05, 0) is 39.7 Å². The lowest BCUT2D eigenvalue weighted by atomic mass is 9.76. The van der Waals surface area contributed by atoms with Gasteiger partial charge in [-0.15, -0.1) is 0 Å². The summed E-state index contributed by atoms with van der Waals surface area (Å²) in [5.41, 5.74) is 6.58. The Bertz CT molecular complexity index is 1190. The Morgan fingerprint density at radius 2 is 1.37 bits per heavy atom. The molecule has 0 aromatic heterocycles. The quantitative estimate of drug-likeness (QED) is 0.242. The normalized spacial score (nSPS) is 14.1. The fourth-order valence-electron chi connectivity index (χ4n) is 4.98. The minimum atomic E-state index is -0.0462. The summed E-state index contributed by atoms with van der Waals surface area (Å²) >= 11 is 0. The summed E-state index contributed by atoms with van der Waals surface area (Å²) in [7, 11) is 4.94. The number of hydrogen-bond acceptors (Lipinski definition) is 2. The lowest BCUT2D eigenvalue weighted by Crippen LogP contribution is -2.27. The zero-order chi connectivity index (χ0) is 28.1. The molecule has 3 aromatic carbocycles. The second-order valence-electron chi connectivity index (χ2n) is 13.1. The summed E-state index contributed by atoms with van der Waals surface area (Å²) < 4.78 is 6.88. The molecule has 3 heteroatoms. The summed E-state index contributed by atoms with van der Waals surface area (Å²) in [6.07, 6.45) is 3.50. The summed E-state index contributed by atoms with van der Waals surface area (Å²) in [6.45, 7) is 19.3. The maximum atomic E-state index is 6.88. The average molecular weight is 532 g/mol. The highest BCUT2D eigenvalue weighted by atomic mass is 31.1. The minimum absolute atomic E-state index is 0.0433. The number of hydrogen-bond donors (Lipinski definition) is 0. The van der Waals surface area contributed by atoms with Crippen LogP contribution in [0, 0.1) is 0 Å². The van der Waals surface area contributed by atoms with Gasteiger partial charge in [0.05, 0.1) is 0 Å². The molecule has 0 N–H and O–H groups in total. The van der Waals surface area contributed by atoms with E-state index in [2.05, 4.69) is 141 Å². The van der Waals surface area contributed by atoms with Gasteiger partial charge >= 0.3 is 0 Å². The van der Waals surface area contributed by atoms with E-state index in [1.807, 2.05) is 0 Å². The van der Waals surface area contributed by atoms with Crippen LogP contribution in [0.2, 0.25) is 0 Å². The third-order valence-electron chi connectivity index (χ3n) is 7.41. The molecule has 38 heavy (non-hydrogen) atoms. The van der Waals surface area contributed by atoms with Crippen molar-refractivity contribution in [2.45, 2.75) is 97.2 Å². The molecule has 0 spiro atoms. The van der Waals surface area contributed by atoms with Crippen LogP contribution in [0.3, 0.4) is 0 Å². The molecular formula is C35H50NOP. The van der Waals surface area contributed by atoms with Crippen LogP contribution in [-0.2, 0) is 22.6 Å². The molecule has 2 unspecified atom stereocenters. The lowest BCUT2D eigenvalue weighted by Gasteiger charge is -2.37. The summed E-state index contributed by atoms with van der Waals surface area (Å²) in [5.74, 6) is 1.09. The maximum absolute atomic E-state index is 6.88. The Hall–Kier alpha value is -2.31. The van der Waals surface area contributed by atoms with Crippen molar-refractivity contribution in [2.75, 3.05) is 19.0 Å². The van der Waals surface area contributed by atoms with Crippen LogP contribution < -0.4 is 14.9 Å². The summed E-state index contributed by atoms with van der Waals surface area (Å²) in [6, 6.07) is 24.4. The van der Waals surface area contributed by atoms with E-state index >= 15 is 0 Å². The van der Waals surface area contributed by atoms with Gasteiger partial charge in [-0.2, -0.15) is 0 Å². The molecule has 0 aliphatic carbocycles. The maximum Gasteiger partial charge on any atom is 0.127 e. The predicted molar refractivity (Wildman–Crippen MR) is 170 cm³/mol. The third kappa shape index (κ3) is 7.41. The van der Waals surface area contributed by atoms with Crippen LogP contribution in [0.15, 0.2) is 66.7 Å². The van der Waals surface area contributed by atoms with Gasteiger partial charge in [0.2, 0.25) is 0 Å². The largest absolute Gasteiger partial charge is 0.488 e. The molecule has 0 fully saturated rings. The molecule has 0 saturated carbocycles. The minimum Gasteiger partial charge on any atom is -0.488 e. The van der Waals surface area contributed by atoms with Crippen molar-refractivity contribution in [3.8, 4) is 5.75 Å². The van der Waals surface area contributed by atoms with Crippen LogP contribution in [-0.4, -0.2) is 14.1 Å². The van der Waals surface area contributed by atoms with Crippen LogP contribution >= 0.6 is 8.58 Å². The average Bonchev–Trinajstić information content (AvgIpc) is 2.85. The molecule has 0 aliphatic rings. The summed E-state index contributed by atoms with van der Waals surface area (Å²) in [4.78, 5) is 2.25. The highest BCUT2D eigenvalue weighted by molar-refractivity contribution is 7.49. The van der Waals surface area contributed by atoms with Gasteiger partial charge in [0.25, 0.3) is 0 Å². The van der Waals surface area contributed by atoms with Gasteiger partial charge in [0.15, 0.2) is 0 Å². The van der Waals surface area contributed by atoms with E-state index in [1.54, 1.807) is 0 Å². The number of para-hydroxylation sites is 1. The first-order valence-electron chi connectivity index (χ1n) is 14.2. The van der Waals surface area contributed by atoms with Crippen LogP contribution in [0.25, 0.3) is 0 Å². The molecule has 0 radical (unpaired) electrons. The molecule has 2 atom stereocenters. The van der Waals surface area contributed by atoms with E-state index in [4.69, 9.17) is 4.74 Å².